The minimum Gasteiger partial charge on any atom is -0.478 e. The van der Waals surface area contributed by atoms with Crippen LogP contribution < -0.4 is 9.47 Å². The van der Waals surface area contributed by atoms with Gasteiger partial charge in [0, 0.05) is 32.6 Å². The molecule has 1 aromatic rings. The van der Waals surface area contributed by atoms with Crippen LogP contribution in [0.15, 0.2) is 12.1 Å². The van der Waals surface area contributed by atoms with E-state index in [-0.39, 0.29) is 5.56 Å². The number of hydrogen-bond acceptors (Lipinski definition) is 5. The molecule has 2 unspecified atom stereocenters. The molecular formula is C16H22O6. The van der Waals surface area contributed by atoms with Crippen molar-refractivity contribution < 1.29 is 28.8 Å². The highest BCUT2D eigenvalue weighted by Gasteiger charge is 2.55. The maximum Gasteiger partial charge on any atom is 0.336 e. The molecule has 1 aliphatic rings. The number of aromatic carboxylic acids is 1. The van der Waals surface area contributed by atoms with Gasteiger partial charge in [-0.05, 0) is 32.9 Å². The zero-order valence-electron chi connectivity index (χ0n) is 13.6. The minimum absolute atomic E-state index is 0.168. The van der Waals surface area contributed by atoms with Crippen LogP contribution in [0, 0.1) is 6.92 Å². The van der Waals surface area contributed by atoms with E-state index < -0.39 is 17.5 Å². The topological polar surface area (TPSA) is 74.2 Å². The number of fused-ring (bicyclic) bond motifs is 1. The summed E-state index contributed by atoms with van der Waals surface area (Å²) in [7, 11) is 0. The van der Waals surface area contributed by atoms with Gasteiger partial charge in [-0.15, -0.1) is 0 Å². The summed E-state index contributed by atoms with van der Waals surface area (Å²) in [4.78, 5) is 11.3. The summed E-state index contributed by atoms with van der Waals surface area (Å²) in [5.74, 6) is -2.53. The zero-order valence-corrected chi connectivity index (χ0v) is 13.6. The molecule has 2 atom stereocenters. The molecule has 1 N–H and O–H groups in total. The summed E-state index contributed by atoms with van der Waals surface area (Å²) in [6.45, 7) is 9.67. The first kappa shape index (κ1) is 16.6. The molecule has 0 amide bonds. The Labute approximate surface area is 129 Å². The van der Waals surface area contributed by atoms with Gasteiger partial charge in [0.25, 0.3) is 11.6 Å². The molecular weight excluding hydrogens is 288 g/mol. The molecule has 2 rings (SSSR count). The molecule has 0 saturated carbocycles. The van der Waals surface area contributed by atoms with Crippen molar-refractivity contribution in [2.24, 2.45) is 0 Å². The molecule has 0 spiro atoms. The summed E-state index contributed by atoms with van der Waals surface area (Å²) < 4.78 is 23.4. The van der Waals surface area contributed by atoms with Crippen LogP contribution >= 0.6 is 0 Å². The molecule has 22 heavy (non-hydrogen) atoms. The number of carbonyl (C=O) groups is 1. The van der Waals surface area contributed by atoms with Gasteiger partial charge in [0.15, 0.2) is 11.5 Å². The average molecular weight is 310 g/mol. The molecule has 0 saturated heterocycles. The van der Waals surface area contributed by atoms with Gasteiger partial charge >= 0.3 is 5.97 Å². The Morgan fingerprint density at radius 3 is 2.18 bits per heavy atom. The van der Waals surface area contributed by atoms with Gasteiger partial charge < -0.3 is 24.1 Å². The lowest BCUT2D eigenvalue weighted by molar-refractivity contribution is -0.357. The SMILES string of the molecule is CCOC1(C)Oc2ccc(C(=O)O)c(C)c2OC1(C)OCC. The second kappa shape index (κ2) is 5.78. The maximum absolute atomic E-state index is 11.3. The Morgan fingerprint density at radius 1 is 1.14 bits per heavy atom. The summed E-state index contributed by atoms with van der Waals surface area (Å²) in [5.41, 5.74) is 0.663. The first-order valence-electron chi connectivity index (χ1n) is 7.30. The largest absolute Gasteiger partial charge is 0.478 e. The van der Waals surface area contributed by atoms with Gasteiger partial charge in [0.1, 0.15) is 0 Å². The Bertz CT molecular complexity index is 584. The van der Waals surface area contributed by atoms with E-state index in [4.69, 9.17) is 18.9 Å². The van der Waals surface area contributed by atoms with Crippen molar-refractivity contribution in [3.63, 3.8) is 0 Å². The molecule has 6 nitrogen and oxygen atoms in total. The van der Waals surface area contributed by atoms with Gasteiger partial charge in [0.05, 0.1) is 5.56 Å². The summed E-state index contributed by atoms with van der Waals surface area (Å²) in [6.07, 6.45) is 0. The third-order valence-corrected chi connectivity index (χ3v) is 3.87. The Morgan fingerprint density at radius 2 is 1.68 bits per heavy atom. The summed E-state index contributed by atoms with van der Waals surface area (Å²) >= 11 is 0. The molecule has 1 heterocycles. The first-order valence-corrected chi connectivity index (χ1v) is 7.30. The maximum atomic E-state index is 11.3. The second-order valence-corrected chi connectivity index (χ2v) is 5.33. The number of benzene rings is 1. The van der Waals surface area contributed by atoms with Crippen molar-refractivity contribution in [1.29, 1.82) is 0 Å². The lowest BCUT2D eigenvalue weighted by Gasteiger charge is -2.48. The van der Waals surface area contributed by atoms with E-state index in [1.807, 2.05) is 13.8 Å². The average Bonchev–Trinajstić information content (AvgIpc) is 2.42. The highest BCUT2D eigenvalue weighted by molar-refractivity contribution is 5.90. The van der Waals surface area contributed by atoms with Gasteiger partial charge in [0.2, 0.25) is 0 Å². The fourth-order valence-electron chi connectivity index (χ4n) is 2.57. The van der Waals surface area contributed by atoms with Crippen LogP contribution in [0.4, 0.5) is 0 Å². The van der Waals surface area contributed by atoms with Gasteiger partial charge in [-0.2, -0.15) is 0 Å². The smallest absolute Gasteiger partial charge is 0.336 e. The number of rotatable bonds is 5. The van der Waals surface area contributed by atoms with Crippen molar-refractivity contribution in [2.45, 2.75) is 46.2 Å². The first-order chi connectivity index (χ1) is 10.3. The third kappa shape index (κ3) is 2.53. The molecule has 0 radical (unpaired) electrons. The Hall–Kier alpha value is -1.79. The van der Waals surface area contributed by atoms with Gasteiger partial charge in [-0.1, -0.05) is 0 Å². The molecule has 0 fully saturated rings. The van der Waals surface area contributed by atoms with Crippen molar-refractivity contribution >= 4 is 5.97 Å². The highest BCUT2D eigenvalue weighted by Crippen LogP contribution is 2.47. The lowest BCUT2D eigenvalue weighted by Crippen LogP contribution is -2.63. The highest BCUT2D eigenvalue weighted by atomic mass is 16.8. The van der Waals surface area contributed by atoms with E-state index in [1.165, 1.54) is 6.07 Å². The summed E-state index contributed by atoms with van der Waals surface area (Å²) in [5, 5.41) is 9.24. The van der Waals surface area contributed by atoms with Crippen molar-refractivity contribution in [3.8, 4) is 11.5 Å². The monoisotopic (exact) mass is 310 g/mol. The van der Waals surface area contributed by atoms with Crippen molar-refractivity contribution in [3.05, 3.63) is 23.3 Å². The van der Waals surface area contributed by atoms with Crippen LogP contribution in [0.2, 0.25) is 0 Å². The normalized spacial score (nSPS) is 26.8. The molecule has 0 bridgehead atoms. The molecule has 1 aliphatic heterocycles. The number of carboxylic acid groups (broad SMARTS) is 1. The quantitative estimate of drug-likeness (QED) is 0.901. The molecule has 0 aliphatic carbocycles. The number of carboxylic acids is 1. The van der Waals surface area contributed by atoms with Crippen LogP contribution in [0.5, 0.6) is 11.5 Å². The van der Waals surface area contributed by atoms with Crippen LogP contribution in [0.3, 0.4) is 0 Å². The van der Waals surface area contributed by atoms with Gasteiger partial charge in [-0.3, -0.25) is 0 Å². The number of hydrogen-bond donors (Lipinski definition) is 1. The van der Waals surface area contributed by atoms with Crippen molar-refractivity contribution in [1.82, 2.24) is 0 Å². The van der Waals surface area contributed by atoms with Gasteiger partial charge in [-0.25, -0.2) is 4.79 Å². The van der Waals surface area contributed by atoms with Crippen LogP contribution in [0.25, 0.3) is 0 Å². The second-order valence-electron chi connectivity index (χ2n) is 5.33. The minimum atomic E-state index is -1.19. The van der Waals surface area contributed by atoms with E-state index >= 15 is 0 Å². The Balaban J connectivity index is 2.54. The van der Waals surface area contributed by atoms with E-state index in [0.29, 0.717) is 30.3 Å². The van der Waals surface area contributed by atoms with E-state index in [0.717, 1.165) is 0 Å². The predicted octanol–water partition coefficient (Wildman–Crippen LogP) is 2.97. The third-order valence-electron chi connectivity index (χ3n) is 3.87. The molecule has 1 aromatic carbocycles. The van der Waals surface area contributed by atoms with Crippen LogP contribution in [-0.2, 0) is 9.47 Å². The molecule has 6 heteroatoms. The number of ether oxygens (including phenoxy) is 4. The summed E-state index contributed by atoms with van der Waals surface area (Å²) in [6, 6.07) is 3.07. The van der Waals surface area contributed by atoms with E-state index in [1.54, 1.807) is 26.8 Å². The van der Waals surface area contributed by atoms with E-state index in [9.17, 15) is 9.90 Å². The fraction of sp³-hybridized carbons (Fsp3) is 0.562. The lowest BCUT2D eigenvalue weighted by atomic mass is 10.0. The predicted molar refractivity (Wildman–Crippen MR) is 79.5 cm³/mol. The Kier molecular flexibility index (Phi) is 4.35. The van der Waals surface area contributed by atoms with Crippen molar-refractivity contribution in [2.75, 3.05) is 13.2 Å². The molecule has 122 valence electrons. The fourth-order valence-corrected chi connectivity index (χ4v) is 2.57. The standard InChI is InChI=1S/C16H22O6/c1-6-19-15(4)16(5,20-7-2)22-13-10(3)11(14(17)18)8-9-12(13)21-15/h8-9H,6-7H2,1-5H3,(H,17,18). The van der Waals surface area contributed by atoms with Crippen LogP contribution in [0.1, 0.15) is 43.6 Å². The van der Waals surface area contributed by atoms with E-state index in [2.05, 4.69) is 0 Å². The molecule has 0 aromatic heterocycles. The van der Waals surface area contributed by atoms with Crippen LogP contribution in [-0.4, -0.2) is 35.9 Å². The zero-order chi connectivity index (χ0) is 16.5.